The van der Waals surface area contributed by atoms with E-state index in [-0.39, 0.29) is 5.97 Å². The van der Waals surface area contributed by atoms with Crippen molar-refractivity contribution in [2.45, 2.75) is 64.6 Å². The lowest BCUT2D eigenvalue weighted by molar-refractivity contribution is -0.139. The third kappa shape index (κ3) is 5.61. The summed E-state index contributed by atoms with van der Waals surface area (Å²) in [4.78, 5) is 17.5. The Morgan fingerprint density at radius 3 is 2.61 bits per heavy atom. The van der Waals surface area contributed by atoms with Gasteiger partial charge in [-0.05, 0) is 44.4 Å². The van der Waals surface area contributed by atoms with Crippen LogP contribution in [-0.4, -0.2) is 39.7 Å². The molecule has 0 radical (unpaired) electrons. The molecule has 2 aromatic rings. The Balaban J connectivity index is 1.91. The molecule has 1 aliphatic heterocycles. The number of ether oxygens (including phenoxy) is 2. The van der Waals surface area contributed by atoms with Gasteiger partial charge in [0.05, 0.1) is 18.8 Å². The second-order valence-electron chi connectivity index (χ2n) is 7.42. The van der Waals surface area contributed by atoms with Gasteiger partial charge in [-0.2, -0.15) is 4.98 Å². The average Bonchev–Trinajstić information content (AvgIpc) is 3.17. The molecule has 7 nitrogen and oxygen atoms in total. The van der Waals surface area contributed by atoms with Crippen molar-refractivity contribution in [3.63, 3.8) is 0 Å². The molecule has 1 aromatic carbocycles. The normalized spacial score (nSPS) is 15.4. The molecule has 1 aliphatic rings. The van der Waals surface area contributed by atoms with Gasteiger partial charge in [-0.3, -0.25) is 0 Å². The van der Waals surface area contributed by atoms with E-state index in [0.717, 1.165) is 42.0 Å². The predicted octanol–water partition coefficient (Wildman–Crippen LogP) is 5.20. The van der Waals surface area contributed by atoms with Crippen LogP contribution in [0.2, 0.25) is 0 Å². The van der Waals surface area contributed by atoms with Gasteiger partial charge in [0.25, 0.3) is 0 Å². The van der Waals surface area contributed by atoms with Crippen molar-refractivity contribution in [1.82, 2.24) is 14.8 Å². The van der Waals surface area contributed by atoms with Crippen LogP contribution < -0.4 is 10.1 Å². The zero-order chi connectivity index (χ0) is 22.2. The van der Waals surface area contributed by atoms with Crippen molar-refractivity contribution < 1.29 is 14.3 Å². The summed E-state index contributed by atoms with van der Waals surface area (Å²) in [5.74, 6) is 2.05. The highest BCUT2D eigenvalue weighted by Gasteiger charge is 2.35. The molecule has 0 bridgehead atoms. The zero-order valence-electron chi connectivity index (χ0n) is 18.8. The van der Waals surface area contributed by atoms with E-state index in [1.54, 1.807) is 16.4 Å². The van der Waals surface area contributed by atoms with E-state index >= 15 is 0 Å². The Morgan fingerprint density at radius 1 is 1.16 bits per heavy atom. The van der Waals surface area contributed by atoms with Crippen LogP contribution in [0.3, 0.4) is 0 Å². The lowest BCUT2D eigenvalue weighted by Gasteiger charge is -2.28. The van der Waals surface area contributed by atoms with Gasteiger partial charge < -0.3 is 14.8 Å². The molecule has 0 saturated carbocycles. The summed E-state index contributed by atoms with van der Waals surface area (Å²) in [5.41, 5.74) is 2.21. The number of nitrogens with one attached hydrogen (secondary N) is 1. The van der Waals surface area contributed by atoms with Crippen LogP contribution >= 0.6 is 11.8 Å². The fourth-order valence-corrected chi connectivity index (χ4v) is 4.14. The minimum absolute atomic E-state index is 0.314. The van der Waals surface area contributed by atoms with Crippen LogP contribution in [-0.2, 0) is 9.53 Å². The molecule has 0 amide bonds. The van der Waals surface area contributed by atoms with Gasteiger partial charge in [0.2, 0.25) is 11.1 Å². The largest absolute Gasteiger partial charge is 0.494 e. The molecule has 1 unspecified atom stereocenters. The van der Waals surface area contributed by atoms with E-state index in [9.17, 15) is 4.79 Å². The Kier molecular flexibility index (Phi) is 8.40. The molecule has 168 valence electrons. The Labute approximate surface area is 188 Å². The maximum atomic E-state index is 12.8. The molecule has 8 heteroatoms. The van der Waals surface area contributed by atoms with Gasteiger partial charge in [0.15, 0.2) is 0 Å². The van der Waals surface area contributed by atoms with Gasteiger partial charge in [-0.15, -0.1) is 5.10 Å². The number of hydrogen-bond donors (Lipinski definition) is 1. The van der Waals surface area contributed by atoms with Crippen LogP contribution in [0.15, 0.2) is 40.7 Å². The SMILES string of the molecule is CCCCCOc1ccc(C2C(C(=O)OCC)=C(C)Nc3nc(SCCC)nn32)cc1. The number of aromatic nitrogens is 3. The summed E-state index contributed by atoms with van der Waals surface area (Å²) in [6.07, 6.45) is 4.41. The molecule has 31 heavy (non-hydrogen) atoms. The maximum absolute atomic E-state index is 12.8. The fourth-order valence-electron chi connectivity index (χ4n) is 3.46. The molecule has 1 N–H and O–H groups in total. The van der Waals surface area contributed by atoms with Crippen molar-refractivity contribution >= 4 is 23.7 Å². The third-order valence-corrected chi connectivity index (χ3v) is 6.02. The van der Waals surface area contributed by atoms with Crippen molar-refractivity contribution in [2.75, 3.05) is 24.3 Å². The minimum Gasteiger partial charge on any atom is -0.494 e. The molecule has 3 rings (SSSR count). The molecule has 0 fully saturated rings. The molecular weight excluding hydrogens is 412 g/mol. The first kappa shape index (κ1) is 23.2. The van der Waals surface area contributed by atoms with E-state index in [0.29, 0.717) is 29.9 Å². The van der Waals surface area contributed by atoms with Crippen molar-refractivity contribution in [1.29, 1.82) is 0 Å². The summed E-state index contributed by atoms with van der Waals surface area (Å²) in [7, 11) is 0. The number of esters is 1. The third-order valence-electron chi connectivity index (χ3n) is 4.98. The molecule has 0 saturated heterocycles. The second-order valence-corrected chi connectivity index (χ2v) is 8.48. The Morgan fingerprint density at radius 2 is 1.94 bits per heavy atom. The standard InChI is InChI=1S/C23H32N4O3S/c1-5-8-9-14-30-18-12-10-17(11-13-18)20-19(21(28)29-7-3)16(4)24-22-25-23(26-27(20)22)31-15-6-2/h10-13,20H,5-9,14-15H2,1-4H3,(H,24,25,26). The van der Waals surface area contributed by atoms with Crippen molar-refractivity contribution in [3.05, 3.63) is 41.1 Å². The van der Waals surface area contributed by atoms with Crippen molar-refractivity contribution in [3.8, 4) is 5.75 Å². The van der Waals surface area contributed by atoms with Crippen molar-refractivity contribution in [2.24, 2.45) is 0 Å². The number of fused-ring (bicyclic) bond motifs is 1. The van der Waals surface area contributed by atoms with E-state index in [4.69, 9.17) is 14.6 Å². The quantitative estimate of drug-likeness (QED) is 0.290. The van der Waals surface area contributed by atoms with E-state index in [1.165, 1.54) is 6.42 Å². The van der Waals surface area contributed by atoms with Crippen LogP contribution in [0.5, 0.6) is 5.75 Å². The number of nitrogens with zero attached hydrogens (tertiary/aromatic N) is 3. The maximum Gasteiger partial charge on any atom is 0.338 e. The number of anilines is 1. The Bertz CT molecular complexity index is 908. The monoisotopic (exact) mass is 444 g/mol. The van der Waals surface area contributed by atoms with Crippen LogP contribution in [0, 0.1) is 0 Å². The minimum atomic E-state index is -0.409. The topological polar surface area (TPSA) is 78.3 Å². The summed E-state index contributed by atoms with van der Waals surface area (Å²) in [6, 6.07) is 7.47. The first-order valence-electron chi connectivity index (χ1n) is 11.1. The number of hydrogen-bond acceptors (Lipinski definition) is 7. The number of allylic oxidation sites excluding steroid dienone is 1. The number of thioether (sulfide) groups is 1. The van der Waals surface area contributed by atoms with Gasteiger partial charge in [0.1, 0.15) is 11.8 Å². The highest BCUT2D eigenvalue weighted by Crippen LogP contribution is 2.37. The highest BCUT2D eigenvalue weighted by atomic mass is 32.2. The molecule has 2 heterocycles. The van der Waals surface area contributed by atoms with Crippen LogP contribution in [0.4, 0.5) is 5.95 Å². The number of rotatable bonds is 11. The lowest BCUT2D eigenvalue weighted by Crippen LogP contribution is -2.29. The van der Waals surface area contributed by atoms with Gasteiger partial charge >= 0.3 is 5.97 Å². The highest BCUT2D eigenvalue weighted by molar-refractivity contribution is 7.99. The van der Waals surface area contributed by atoms with Crippen LogP contribution in [0.1, 0.15) is 65.0 Å². The molecule has 0 aliphatic carbocycles. The molecule has 0 spiro atoms. The summed E-state index contributed by atoms with van der Waals surface area (Å²) >= 11 is 1.61. The first-order chi connectivity index (χ1) is 15.1. The Hall–Kier alpha value is -2.48. The fraction of sp³-hybridized carbons (Fsp3) is 0.522. The summed E-state index contributed by atoms with van der Waals surface area (Å²) in [6.45, 7) is 9.01. The molecule has 1 aromatic heterocycles. The number of carbonyl (C=O) groups is 1. The molecular formula is C23H32N4O3S. The number of benzene rings is 1. The lowest BCUT2D eigenvalue weighted by atomic mass is 9.96. The predicted molar refractivity (Wildman–Crippen MR) is 124 cm³/mol. The second kappa shape index (κ2) is 11.2. The zero-order valence-corrected chi connectivity index (χ0v) is 19.6. The smallest absolute Gasteiger partial charge is 0.338 e. The summed E-state index contributed by atoms with van der Waals surface area (Å²) in [5, 5.41) is 8.62. The number of carbonyl (C=O) groups excluding carboxylic acids is 1. The van der Waals surface area contributed by atoms with E-state index < -0.39 is 6.04 Å². The molecule has 1 atom stereocenters. The summed E-state index contributed by atoms with van der Waals surface area (Å²) < 4.78 is 13.0. The first-order valence-corrected chi connectivity index (χ1v) is 12.0. The van der Waals surface area contributed by atoms with E-state index in [2.05, 4.69) is 24.1 Å². The number of unbranched alkanes of at least 4 members (excludes halogenated alkanes) is 2. The van der Waals surface area contributed by atoms with Crippen LogP contribution in [0.25, 0.3) is 0 Å². The van der Waals surface area contributed by atoms with Gasteiger partial charge in [-0.25, -0.2) is 9.48 Å². The average molecular weight is 445 g/mol. The van der Waals surface area contributed by atoms with Gasteiger partial charge in [-0.1, -0.05) is 50.6 Å². The van der Waals surface area contributed by atoms with E-state index in [1.807, 2.05) is 38.1 Å². The van der Waals surface area contributed by atoms with Gasteiger partial charge in [0, 0.05) is 11.4 Å².